The van der Waals surface area contributed by atoms with E-state index >= 15 is 0 Å². The Morgan fingerprint density at radius 1 is 1.06 bits per heavy atom. The highest BCUT2D eigenvalue weighted by Crippen LogP contribution is 2.26. The van der Waals surface area contributed by atoms with E-state index in [1.165, 1.54) is 11.8 Å². The molecule has 8 nitrogen and oxygen atoms in total. The van der Waals surface area contributed by atoms with E-state index in [9.17, 15) is 4.79 Å². The zero-order valence-corrected chi connectivity index (χ0v) is 18.7. The first kappa shape index (κ1) is 20.4. The van der Waals surface area contributed by atoms with Crippen LogP contribution in [-0.4, -0.2) is 29.3 Å². The Labute approximate surface area is 188 Å². The average Bonchev–Trinajstić information content (AvgIpc) is 3.45. The van der Waals surface area contributed by atoms with Crippen molar-refractivity contribution in [3.8, 4) is 11.4 Å². The minimum Gasteiger partial charge on any atom is -0.338 e. The van der Waals surface area contributed by atoms with Gasteiger partial charge in [0.15, 0.2) is 5.16 Å². The number of aryl methyl sites for hydroxylation is 2. The third-order valence-electron chi connectivity index (χ3n) is 5.39. The molecule has 2 aromatic carbocycles. The van der Waals surface area contributed by atoms with Gasteiger partial charge in [0.1, 0.15) is 0 Å². The normalized spacial score (nSPS) is 11.6. The first-order chi connectivity index (χ1) is 15.7. The number of nitrogens with zero attached hydrogens (tertiary/aromatic N) is 6. The van der Waals surface area contributed by atoms with Crippen LogP contribution in [0.2, 0.25) is 0 Å². The summed E-state index contributed by atoms with van der Waals surface area (Å²) >= 11 is 1.45. The minimum atomic E-state index is -0.0368. The van der Waals surface area contributed by atoms with Gasteiger partial charge in [0.05, 0.1) is 16.7 Å². The quantitative estimate of drug-likeness (QED) is 0.340. The van der Waals surface area contributed by atoms with Crippen molar-refractivity contribution in [1.29, 1.82) is 0 Å². The van der Waals surface area contributed by atoms with Gasteiger partial charge in [0.25, 0.3) is 5.56 Å². The first-order valence-corrected chi connectivity index (χ1v) is 11.5. The van der Waals surface area contributed by atoms with Crippen molar-refractivity contribution >= 4 is 28.4 Å². The van der Waals surface area contributed by atoms with E-state index < -0.39 is 0 Å². The fraction of sp³-hybridized carbons (Fsp3) is 0.261. The van der Waals surface area contributed by atoms with E-state index in [-0.39, 0.29) is 5.56 Å². The van der Waals surface area contributed by atoms with Crippen molar-refractivity contribution in [1.82, 2.24) is 29.3 Å². The summed E-state index contributed by atoms with van der Waals surface area (Å²) in [5, 5.41) is 14.2. The van der Waals surface area contributed by atoms with Crippen LogP contribution in [0.1, 0.15) is 31.2 Å². The van der Waals surface area contributed by atoms with Crippen molar-refractivity contribution in [2.75, 3.05) is 0 Å². The molecule has 162 valence electrons. The summed E-state index contributed by atoms with van der Waals surface area (Å²) in [6, 6.07) is 15.5. The first-order valence-electron chi connectivity index (χ1n) is 10.6. The summed E-state index contributed by atoms with van der Waals surface area (Å²) in [5.74, 6) is 2.08. The van der Waals surface area contributed by atoms with Gasteiger partial charge in [0, 0.05) is 12.1 Å². The molecule has 0 saturated heterocycles. The fourth-order valence-corrected chi connectivity index (χ4v) is 4.50. The number of thioether (sulfide) groups is 1. The molecule has 3 heterocycles. The molecule has 0 radical (unpaired) electrons. The van der Waals surface area contributed by atoms with Crippen molar-refractivity contribution in [2.45, 2.75) is 44.1 Å². The SMILES string of the molecule is CCCCn1c(=O)c2ccccc2n2c(SCc3nc(-c4ccccc4C)no3)nnc12. The van der Waals surface area contributed by atoms with Crippen LogP contribution >= 0.6 is 11.8 Å². The smallest absolute Gasteiger partial charge is 0.262 e. The van der Waals surface area contributed by atoms with Gasteiger partial charge in [-0.1, -0.05) is 66.7 Å². The number of aromatic nitrogens is 6. The Bertz CT molecular complexity index is 1470. The molecule has 0 saturated carbocycles. The lowest BCUT2D eigenvalue weighted by Gasteiger charge is -2.10. The minimum absolute atomic E-state index is 0.0368. The van der Waals surface area contributed by atoms with Crippen molar-refractivity contribution in [3.05, 3.63) is 70.3 Å². The van der Waals surface area contributed by atoms with E-state index in [2.05, 4.69) is 27.3 Å². The molecule has 0 aliphatic heterocycles. The predicted octanol–water partition coefficient (Wildman–Crippen LogP) is 4.50. The summed E-state index contributed by atoms with van der Waals surface area (Å²) < 4.78 is 9.13. The molecule has 0 aliphatic rings. The molecule has 0 bridgehead atoms. The van der Waals surface area contributed by atoms with E-state index in [4.69, 9.17) is 4.52 Å². The molecule has 32 heavy (non-hydrogen) atoms. The summed E-state index contributed by atoms with van der Waals surface area (Å²) in [7, 11) is 0. The molecule has 0 N–H and O–H groups in total. The van der Waals surface area contributed by atoms with Crippen LogP contribution in [0.3, 0.4) is 0 Å². The van der Waals surface area contributed by atoms with E-state index in [0.717, 1.165) is 29.5 Å². The second-order valence-corrected chi connectivity index (χ2v) is 8.50. The molecular weight excluding hydrogens is 424 g/mol. The zero-order chi connectivity index (χ0) is 22.1. The zero-order valence-electron chi connectivity index (χ0n) is 17.9. The number of unbranched alkanes of at least 4 members (excludes halogenated alkanes) is 1. The molecule has 9 heteroatoms. The van der Waals surface area contributed by atoms with Gasteiger partial charge in [0.2, 0.25) is 17.5 Å². The lowest BCUT2D eigenvalue weighted by Crippen LogP contribution is -2.23. The molecule has 5 aromatic rings. The monoisotopic (exact) mass is 446 g/mol. The van der Waals surface area contributed by atoms with Gasteiger partial charge in [-0.25, -0.2) is 0 Å². The highest BCUT2D eigenvalue weighted by Gasteiger charge is 2.18. The summed E-state index contributed by atoms with van der Waals surface area (Å²) in [6.45, 7) is 4.73. The maximum absolute atomic E-state index is 13.0. The van der Waals surface area contributed by atoms with Gasteiger partial charge < -0.3 is 4.52 Å². The summed E-state index contributed by atoms with van der Waals surface area (Å²) in [5.41, 5.74) is 2.79. The molecule has 0 amide bonds. The highest BCUT2D eigenvalue weighted by molar-refractivity contribution is 7.98. The van der Waals surface area contributed by atoms with Crippen LogP contribution < -0.4 is 5.56 Å². The Balaban J connectivity index is 1.50. The number of fused-ring (bicyclic) bond motifs is 3. The second-order valence-electron chi connectivity index (χ2n) is 7.56. The number of hydrogen-bond acceptors (Lipinski definition) is 7. The van der Waals surface area contributed by atoms with Crippen molar-refractivity contribution in [2.24, 2.45) is 0 Å². The molecule has 0 spiro atoms. The van der Waals surface area contributed by atoms with Gasteiger partial charge in [-0.2, -0.15) is 4.98 Å². The van der Waals surface area contributed by atoms with Crippen LogP contribution in [0.25, 0.3) is 28.1 Å². The van der Waals surface area contributed by atoms with Gasteiger partial charge in [-0.15, -0.1) is 10.2 Å². The van der Waals surface area contributed by atoms with Crippen LogP contribution in [0.15, 0.2) is 63.0 Å². The summed E-state index contributed by atoms with van der Waals surface area (Å²) in [6.07, 6.45) is 1.88. The highest BCUT2D eigenvalue weighted by atomic mass is 32.2. The van der Waals surface area contributed by atoms with E-state index in [0.29, 0.717) is 40.3 Å². The second kappa shape index (κ2) is 8.58. The van der Waals surface area contributed by atoms with Gasteiger partial charge in [-0.05, 0) is 31.0 Å². The van der Waals surface area contributed by atoms with Crippen molar-refractivity contribution in [3.63, 3.8) is 0 Å². The molecule has 0 fully saturated rings. The van der Waals surface area contributed by atoms with Crippen LogP contribution in [-0.2, 0) is 12.3 Å². The van der Waals surface area contributed by atoms with Crippen molar-refractivity contribution < 1.29 is 4.52 Å². The van der Waals surface area contributed by atoms with Crippen LogP contribution in [0, 0.1) is 6.92 Å². The Hall–Kier alpha value is -3.46. The molecule has 5 rings (SSSR count). The standard InChI is InChI=1S/C23H22N6O2S/c1-3-4-13-28-21(30)17-11-7-8-12-18(17)29-22(28)25-26-23(29)32-14-19-24-20(27-31-19)16-10-6-5-9-15(16)2/h5-12H,3-4,13-14H2,1-2H3. The lowest BCUT2D eigenvalue weighted by molar-refractivity contribution is 0.391. The number of hydrogen-bond donors (Lipinski definition) is 0. The molecule has 0 aliphatic carbocycles. The molecule has 0 atom stereocenters. The lowest BCUT2D eigenvalue weighted by atomic mass is 10.1. The van der Waals surface area contributed by atoms with Crippen LogP contribution in [0.4, 0.5) is 0 Å². The predicted molar refractivity (Wildman–Crippen MR) is 124 cm³/mol. The topological polar surface area (TPSA) is 91.1 Å². The molecule has 3 aromatic heterocycles. The maximum atomic E-state index is 13.0. The average molecular weight is 447 g/mol. The fourth-order valence-electron chi connectivity index (χ4n) is 3.72. The maximum Gasteiger partial charge on any atom is 0.262 e. The van der Waals surface area contributed by atoms with E-state index in [1.807, 2.05) is 59.9 Å². The Morgan fingerprint density at radius 3 is 2.72 bits per heavy atom. The summed E-state index contributed by atoms with van der Waals surface area (Å²) in [4.78, 5) is 17.6. The van der Waals surface area contributed by atoms with Crippen LogP contribution in [0.5, 0.6) is 0 Å². The van der Waals surface area contributed by atoms with E-state index in [1.54, 1.807) is 4.57 Å². The third-order valence-corrected chi connectivity index (χ3v) is 6.31. The number of rotatable bonds is 7. The number of para-hydroxylation sites is 1. The number of benzene rings is 2. The van der Waals surface area contributed by atoms with Gasteiger partial charge in [-0.3, -0.25) is 13.8 Å². The largest absolute Gasteiger partial charge is 0.338 e. The molecular formula is C23H22N6O2S. The Kier molecular flexibility index (Phi) is 5.48. The molecule has 0 unspecified atom stereocenters. The van der Waals surface area contributed by atoms with Gasteiger partial charge >= 0.3 is 0 Å². The Morgan fingerprint density at radius 2 is 1.88 bits per heavy atom. The third kappa shape index (κ3) is 3.58.